The van der Waals surface area contributed by atoms with E-state index >= 15 is 0 Å². The summed E-state index contributed by atoms with van der Waals surface area (Å²) in [5.41, 5.74) is 2.16. The summed E-state index contributed by atoms with van der Waals surface area (Å²) >= 11 is 0. The van der Waals surface area contributed by atoms with Crippen LogP contribution in [0.3, 0.4) is 0 Å². The predicted octanol–water partition coefficient (Wildman–Crippen LogP) is 4.39. The number of hydrogen-bond acceptors (Lipinski definition) is 3. The van der Waals surface area contributed by atoms with Crippen molar-refractivity contribution in [1.29, 1.82) is 0 Å². The van der Waals surface area contributed by atoms with E-state index in [-0.39, 0.29) is 12.0 Å². The lowest BCUT2D eigenvalue weighted by Crippen LogP contribution is -2.54. The molecule has 1 N–H and O–H groups in total. The highest BCUT2D eigenvalue weighted by molar-refractivity contribution is 6.01. The van der Waals surface area contributed by atoms with E-state index in [0.717, 1.165) is 37.0 Å². The molecule has 5 heteroatoms. The monoisotopic (exact) mass is 395 g/mol. The Morgan fingerprint density at radius 2 is 1.62 bits per heavy atom. The number of nitrogens with zero attached hydrogens (tertiary/aromatic N) is 1. The quantitative estimate of drug-likeness (QED) is 0.559. The summed E-state index contributed by atoms with van der Waals surface area (Å²) < 4.78 is 6.07. The van der Waals surface area contributed by atoms with Gasteiger partial charge in [0.15, 0.2) is 6.54 Å². The number of quaternary nitrogens is 1. The van der Waals surface area contributed by atoms with Crippen molar-refractivity contribution in [3.63, 3.8) is 0 Å². The molecular weight excluding hydrogens is 364 g/mol. The Labute approximate surface area is 173 Å². The number of benzene rings is 2. The van der Waals surface area contributed by atoms with Crippen molar-refractivity contribution in [1.82, 2.24) is 0 Å². The summed E-state index contributed by atoms with van der Waals surface area (Å²) in [7, 11) is 0. The number of hydrogen-bond donors (Lipinski definition) is 1. The molecule has 0 spiro atoms. The molecule has 1 fully saturated rings. The van der Waals surface area contributed by atoms with Crippen molar-refractivity contribution >= 4 is 17.6 Å². The van der Waals surface area contributed by atoms with Gasteiger partial charge in [0.1, 0.15) is 6.54 Å². The third-order valence-electron chi connectivity index (χ3n) is 5.37. The minimum atomic E-state index is -0.415. The Morgan fingerprint density at radius 1 is 0.966 bits per heavy atom. The fourth-order valence-corrected chi connectivity index (χ4v) is 4.07. The molecule has 1 aliphatic heterocycles. The van der Waals surface area contributed by atoms with Gasteiger partial charge < -0.3 is 14.5 Å². The van der Waals surface area contributed by atoms with Crippen molar-refractivity contribution in [3.8, 4) is 0 Å². The molecule has 1 heterocycles. The van der Waals surface area contributed by atoms with Gasteiger partial charge in [0.2, 0.25) is 0 Å². The second-order valence-electron chi connectivity index (χ2n) is 8.20. The van der Waals surface area contributed by atoms with E-state index in [4.69, 9.17) is 4.74 Å². The predicted molar refractivity (Wildman–Crippen MR) is 114 cm³/mol. The van der Waals surface area contributed by atoms with Crippen LogP contribution in [0.25, 0.3) is 0 Å². The molecule has 2 aromatic carbocycles. The standard InChI is InChI=1S/C24H30N2O3/c1-19(2)29-24(28)21-13-7-8-14-22(21)25-23(27)18-26(15-9-4-10-16-26)17-20-11-5-3-6-12-20/h3,5-8,11-14,19H,4,9-10,15-18H2,1-2H3/p+1. The third-order valence-corrected chi connectivity index (χ3v) is 5.37. The number of esters is 1. The fourth-order valence-electron chi connectivity index (χ4n) is 4.07. The van der Waals surface area contributed by atoms with E-state index in [9.17, 15) is 9.59 Å². The number of rotatable bonds is 7. The average Bonchev–Trinajstić information content (AvgIpc) is 2.69. The lowest BCUT2D eigenvalue weighted by atomic mass is 10.0. The maximum absolute atomic E-state index is 13.0. The molecule has 0 atom stereocenters. The Balaban J connectivity index is 1.73. The summed E-state index contributed by atoms with van der Waals surface area (Å²) in [6.45, 7) is 6.88. The Kier molecular flexibility index (Phi) is 7.04. The van der Waals surface area contributed by atoms with Crippen molar-refractivity contribution in [3.05, 3.63) is 65.7 Å². The molecule has 0 unspecified atom stereocenters. The van der Waals surface area contributed by atoms with E-state index in [2.05, 4.69) is 17.4 Å². The van der Waals surface area contributed by atoms with Gasteiger partial charge in [-0.1, -0.05) is 42.5 Å². The molecule has 5 nitrogen and oxygen atoms in total. The fraction of sp³-hybridized carbons (Fsp3) is 0.417. The topological polar surface area (TPSA) is 55.4 Å². The largest absolute Gasteiger partial charge is 0.459 e. The van der Waals surface area contributed by atoms with Crippen LogP contribution in [0.5, 0.6) is 0 Å². The molecule has 1 saturated heterocycles. The van der Waals surface area contributed by atoms with Crippen LogP contribution in [0.1, 0.15) is 49.0 Å². The van der Waals surface area contributed by atoms with Gasteiger partial charge in [0.05, 0.1) is 30.4 Å². The van der Waals surface area contributed by atoms with Crippen molar-refractivity contribution < 1.29 is 18.8 Å². The Bertz CT molecular complexity index is 827. The van der Waals surface area contributed by atoms with Gasteiger partial charge in [-0.3, -0.25) is 4.79 Å². The number of ether oxygens (including phenoxy) is 1. The second kappa shape index (κ2) is 9.70. The Hall–Kier alpha value is -2.66. The summed E-state index contributed by atoms with van der Waals surface area (Å²) in [4.78, 5) is 25.4. The van der Waals surface area contributed by atoms with Crippen molar-refractivity contribution in [2.75, 3.05) is 25.0 Å². The molecular formula is C24H31N2O3+. The molecule has 1 amide bonds. The first-order valence-corrected chi connectivity index (χ1v) is 10.5. The van der Waals surface area contributed by atoms with Crippen LogP contribution in [0, 0.1) is 0 Å². The van der Waals surface area contributed by atoms with Gasteiger partial charge in [0, 0.05) is 5.56 Å². The first-order chi connectivity index (χ1) is 14.0. The first kappa shape index (κ1) is 21.1. The highest BCUT2D eigenvalue weighted by Crippen LogP contribution is 2.24. The SMILES string of the molecule is CC(C)OC(=O)c1ccccc1NC(=O)C[N+]1(Cc2ccccc2)CCCCC1. The number of amides is 1. The maximum Gasteiger partial charge on any atom is 0.340 e. The number of anilines is 1. The minimum absolute atomic E-state index is 0.0624. The van der Waals surface area contributed by atoms with Gasteiger partial charge >= 0.3 is 5.97 Å². The molecule has 0 aliphatic carbocycles. The van der Waals surface area contributed by atoms with Gasteiger partial charge in [-0.25, -0.2) is 4.79 Å². The van der Waals surface area contributed by atoms with E-state index in [1.165, 1.54) is 12.0 Å². The van der Waals surface area contributed by atoms with Gasteiger partial charge in [-0.05, 0) is 45.2 Å². The highest BCUT2D eigenvalue weighted by Gasteiger charge is 2.33. The van der Waals surface area contributed by atoms with Crippen LogP contribution in [-0.4, -0.2) is 42.1 Å². The van der Waals surface area contributed by atoms with Crippen LogP contribution in [0.15, 0.2) is 54.6 Å². The molecule has 29 heavy (non-hydrogen) atoms. The number of piperidine rings is 1. The van der Waals surface area contributed by atoms with Crippen LogP contribution in [0.2, 0.25) is 0 Å². The van der Waals surface area contributed by atoms with Crippen LogP contribution in [-0.2, 0) is 16.1 Å². The number of carbonyl (C=O) groups excluding carboxylic acids is 2. The Morgan fingerprint density at radius 3 is 2.31 bits per heavy atom. The van der Waals surface area contributed by atoms with Crippen LogP contribution < -0.4 is 5.32 Å². The zero-order chi connectivity index (χ0) is 20.7. The summed E-state index contributed by atoms with van der Waals surface area (Å²) in [5.74, 6) is -0.477. The third kappa shape index (κ3) is 5.91. The average molecular weight is 396 g/mol. The smallest absolute Gasteiger partial charge is 0.340 e. The molecule has 2 aromatic rings. The summed E-state index contributed by atoms with van der Waals surface area (Å²) in [5, 5.41) is 2.97. The maximum atomic E-state index is 13.0. The number of likely N-dealkylation sites (tertiary alicyclic amines) is 1. The van der Waals surface area contributed by atoms with Gasteiger partial charge in [-0.2, -0.15) is 0 Å². The van der Waals surface area contributed by atoms with Crippen LogP contribution >= 0.6 is 0 Å². The van der Waals surface area contributed by atoms with E-state index in [1.807, 2.05) is 38.1 Å². The molecule has 3 rings (SSSR count). The molecule has 154 valence electrons. The normalized spacial score (nSPS) is 15.7. The lowest BCUT2D eigenvalue weighted by Gasteiger charge is -2.41. The summed E-state index contributed by atoms with van der Waals surface area (Å²) in [6, 6.07) is 17.4. The number of para-hydroxylation sites is 1. The van der Waals surface area contributed by atoms with E-state index in [1.54, 1.807) is 18.2 Å². The molecule has 0 aromatic heterocycles. The molecule has 1 aliphatic rings. The van der Waals surface area contributed by atoms with E-state index in [0.29, 0.717) is 17.8 Å². The molecule has 0 bridgehead atoms. The number of nitrogens with one attached hydrogen (secondary N) is 1. The summed E-state index contributed by atoms with van der Waals surface area (Å²) in [6.07, 6.45) is 3.29. The van der Waals surface area contributed by atoms with Crippen molar-refractivity contribution in [2.24, 2.45) is 0 Å². The highest BCUT2D eigenvalue weighted by atomic mass is 16.5. The van der Waals surface area contributed by atoms with Crippen LogP contribution in [0.4, 0.5) is 5.69 Å². The lowest BCUT2D eigenvalue weighted by molar-refractivity contribution is -0.937. The second-order valence-corrected chi connectivity index (χ2v) is 8.20. The minimum Gasteiger partial charge on any atom is -0.459 e. The van der Waals surface area contributed by atoms with E-state index < -0.39 is 5.97 Å². The van der Waals surface area contributed by atoms with Crippen molar-refractivity contribution in [2.45, 2.75) is 45.8 Å². The zero-order valence-corrected chi connectivity index (χ0v) is 17.4. The van der Waals surface area contributed by atoms with Gasteiger partial charge in [0.25, 0.3) is 5.91 Å². The van der Waals surface area contributed by atoms with Gasteiger partial charge in [-0.15, -0.1) is 0 Å². The molecule has 0 radical (unpaired) electrons. The zero-order valence-electron chi connectivity index (χ0n) is 17.4. The first-order valence-electron chi connectivity index (χ1n) is 10.5. The molecule has 0 saturated carbocycles. The number of carbonyl (C=O) groups is 2.